The van der Waals surface area contributed by atoms with Crippen molar-refractivity contribution in [3.63, 3.8) is 0 Å². The normalized spacial score (nSPS) is 19.4. The Morgan fingerprint density at radius 1 is 0.586 bits per heavy atom. The van der Waals surface area contributed by atoms with Gasteiger partial charge in [0.1, 0.15) is 0 Å². The molecule has 2 fully saturated rings. The average molecular weight is 393 g/mol. The van der Waals surface area contributed by atoms with E-state index in [1.807, 2.05) is 70.7 Å². The molecule has 0 bridgehead atoms. The smallest absolute Gasteiger partial charge is 0.0906 e. The standard InChI is InChI=1S/C21H28N8/c1-3-9-20(10-4-1)22-24-28-15-7-13-26(18-28)17-27-14-8-16-29(19-27)25-23-21-11-5-2-6-12-21/h1-6,9-12H,7-8,13-19H2. The highest BCUT2D eigenvalue weighted by Gasteiger charge is 2.22. The van der Waals surface area contributed by atoms with Gasteiger partial charge in [0.2, 0.25) is 0 Å². The summed E-state index contributed by atoms with van der Waals surface area (Å²) in [5.74, 6) is 0. The molecule has 0 radical (unpaired) electrons. The van der Waals surface area contributed by atoms with Crippen LogP contribution in [0.3, 0.4) is 0 Å². The zero-order valence-corrected chi connectivity index (χ0v) is 16.7. The van der Waals surface area contributed by atoms with E-state index in [1.54, 1.807) is 0 Å². The van der Waals surface area contributed by atoms with E-state index in [2.05, 4.69) is 30.5 Å². The molecule has 0 unspecified atom stereocenters. The quantitative estimate of drug-likeness (QED) is 0.689. The van der Waals surface area contributed by atoms with Crippen LogP contribution in [0.5, 0.6) is 0 Å². The monoisotopic (exact) mass is 392 g/mol. The second kappa shape index (κ2) is 10.1. The molecule has 0 N–H and O–H groups in total. The van der Waals surface area contributed by atoms with E-state index in [4.69, 9.17) is 0 Å². The second-order valence-electron chi connectivity index (χ2n) is 7.43. The molecule has 2 aromatic rings. The third kappa shape index (κ3) is 6.07. The summed E-state index contributed by atoms with van der Waals surface area (Å²) in [5.41, 5.74) is 1.78. The van der Waals surface area contributed by atoms with Crippen LogP contribution in [0.4, 0.5) is 11.4 Å². The number of nitrogens with zero attached hydrogens (tertiary/aromatic N) is 8. The molecule has 0 saturated carbocycles. The lowest BCUT2D eigenvalue weighted by Crippen LogP contribution is -2.51. The number of rotatable bonds is 6. The molecule has 0 aromatic heterocycles. The first-order valence-corrected chi connectivity index (χ1v) is 10.2. The first-order chi connectivity index (χ1) is 14.3. The lowest BCUT2D eigenvalue weighted by Gasteiger charge is -2.39. The largest absolute Gasteiger partial charge is 0.271 e. The number of hydrogen-bond acceptors (Lipinski definition) is 6. The fraction of sp³-hybridized carbons (Fsp3) is 0.429. The fourth-order valence-corrected chi connectivity index (χ4v) is 3.58. The van der Waals surface area contributed by atoms with Crippen LogP contribution in [-0.2, 0) is 0 Å². The fourth-order valence-electron chi connectivity index (χ4n) is 3.58. The number of hydrogen-bond donors (Lipinski definition) is 0. The molecule has 0 aliphatic carbocycles. The molecule has 0 amide bonds. The van der Waals surface area contributed by atoms with Crippen molar-refractivity contribution in [2.75, 3.05) is 46.2 Å². The van der Waals surface area contributed by atoms with Gasteiger partial charge in [0.15, 0.2) is 0 Å². The minimum Gasteiger partial charge on any atom is -0.271 e. The predicted octanol–water partition coefficient (Wildman–Crippen LogP) is 4.27. The van der Waals surface area contributed by atoms with Gasteiger partial charge in [0.05, 0.1) is 31.4 Å². The molecular weight excluding hydrogens is 364 g/mol. The lowest BCUT2D eigenvalue weighted by atomic mass is 10.3. The van der Waals surface area contributed by atoms with Crippen molar-refractivity contribution in [1.82, 2.24) is 19.8 Å². The second-order valence-corrected chi connectivity index (χ2v) is 7.43. The topological polar surface area (TPSA) is 62.4 Å². The third-order valence-corrected chi connectivity index (χ3v) is 4.99. The third-order valence-electron chi connectivity index (χ3n) is 4.99. The maximum Gasteiger partial charge on any atom is 0.0906 e. The highest BCUT2D eigenvalue weighted by molar-refractivity contribution is 5.35. The van der Waals surface area contributed by atoms with E-state index in [9.17, 15) is 0 Å². The van der Waals surface area contributed by atoms with E-state index in [0.717, 1.165) is 70.4 Å². The maximum atomic E-state index is 4.43. The molecule has 2 aliphatic rings. The van der Waals surface area contributed by atoms with Crippen LogP contribution in [0.2, 0.25) is 0 Å². The van der Waals surface area contributed by atoms with Gasteiger partial charge in [-0.25, -0.2) is 0 Å². The first kappa shape index (κ1) is 19.5. The Kier molecular flexibility index (Phi) is 6.77. The summed E-state index contributed by atoms with van der Waals surface area (Å²) < 4.78 is 0. The van der Waals surface area contributed by atoms with Crippen molar-refractivity contribution in [2.24, 2.45) is 20.7 Å². The van der Waals surface area contributed by atoms with Gasteiger partial charge in [-0.15, -0.1) is 10.2 Å². The summed E-state index contributed by atoms with van der Waals surface area (Å²) in [6, 6.07) is 19.8. The zero-order valence-electron chi connectivity index (χ0n) is 16.7. The first-order valence-electron chi connectivity index (χ1n) is 10.2. The van der Waals surface area contributed by atoms with Crippen LogP contribution in [0, 0.1) is 0 Å². The van der Waals surface area contributed by atoms with Crippen LogP contribution in [0.1, 0.15) is 12.8 Å². The summed E-state index contributed by atoms with van der Waals surface area (Å²) in [5, 5.41) is 21.7. The van der Waals surface area contributed by atoms with E-state index in [1.165, 1.54) is 0 Å². The zero-order chi connectivity index (χ0) is 19.7. The molecule has 2 heterocycles. The molecule has 2 aromatic carbocycles. The molecule has 2 saturated heterocycles. The van der Waals surface area contributed by atoms with Gasteiger partial charge >= 0.3 is 0 Å². The van der Waals surface area contributed by atoms with Crippen molar-refractivity contribution in [2.45, 2.75) is 12.8 Å². The molecule has 4 rings (SSSR count). The highest BCUT2D eigenvalue weighted by Crippen LogP contribution is 2.16. The number of benzene rings is 2. The summed E-state index contributed by atoms with van der Waals surface area (Å²) in [4.78, 5) is 4.84. The van der Waals surface area contributed by atoms with Gasteiger partial charge in [-0.1, -0.05) is 46.8 Å². The molecule has 8 nitrogen and oxygen atoms in total. The Hall–Kier alpha value is -2.84. The van der Waals surface area contributed by atoms with Gasteiger partial charge in [-0.05, 0) is 37.1 Å². The van der Waals surface area contributed by atoms with Gasteiger partial charge in [-0.3, -0.25) is 19.8 Å². The molecule has 29 heavy (non-hydrogen) atoms. The summed E-state index contributed by atoms with van der Waals surface area (Å²) in [6.45, 7) is 6.58. The molecule has 2 aliphatic heterocycles. The average Bonchev–Trinajstić information content (AvgIpc) is 2.78. The van der Waals surface area contributed by atoms with Crippen LogP contribution in [0.25, 0.3) is 0 Å². The molecule has 8 heteroatoms. The summed E-state index contributed by atoms with van der Waals surface area (Å²) in [7, 11) is 0. The minimum absolute atomic E-state index is 0.804. The Balaban J connectivity index is 1.27. The van der Waals surface area contributed by atoms with Crippen molar-refractivity contribution in [3.8, 4) is 0 Å². The van der Waals surface area contributed by atoms with Crippen LogP contribution < -0.4 is 0 Å². The Morgan fingerprint density at radius 3 is 1.48 bits per heavy atom. The van der Waals surface area contributed by atoms with Crippen LogP contribution in [-0.4, -0.2) is 66.0 Å². The Labute approximate surface area is 172 Å². The Morgan fingerprint density at radius 2 is 1.03 bits per heavy atom. The van der Waals surface area contributed by atoms with E-state index in [0.29, 0.717) is 0 Å². The van der Waals surface area contributed by atoms with Gasteiger partial charge < -0.3 is 0 Å². The lowest BCUT2D eigenvalue weighted by molar-refractivity contribution is -0.00455. The molecule has 0 spiro atoms. The van der Waals surface area contributed by atoms with Crippen LogP contribution in [0.15, 0.2) is 81.3 Å². The van der Waals surface area contributed by atoms with Crippen molar-refractivity contribution < 1.29 is 0 Å². The van der Waals surface area contributed by atoms with Crippen molar-refractivity contribution in [3.05, 3.63) is 60.7 Å². The Bertz CT molecular complexity index is 727. The molecular formula is C21H28N8. The maximum absolute atomic E-state index is 4.43. The molecule has 0 atom stereocenters. The van der Waals surface area contributed by atoms with E-state index in [-0.39, 0.29) is 0 Å². The van der Waals surface area contributed by atoms with Gasteiger partial charge in [-0.2, -0.15) is 0 Å². The summed E-state index contributed by atoms with van der Waals surface area (Å²) >= 11 is 0. The van der Waals surface area contributed by atoms with Gasteiger partial charge in [0, 0.05) is 26.2 Å². The van der Waals surface area contributed by atoms with E-state index < -0.39 is 0 Å². The molecule has 152 valence electrons. The van der Waals surface area contributed by atoms with Crippen molar-refractivity contribution >= 4 is 11.4 Å². The van der Waals surface area contributed by atoms with Crippen LogP contribution >= 0.6 is 0 Å². The van der Waals surface area contributed by atoms with E-state index >= 15 is 0 Å². The van der Waals surface area contributed by atoms with Gasteiger partial charge in [0.25, 0.3) is 0 Å². The highest BCUT2D eigenvalue weighted by atomic mass is 15.6. The summed E-state index contributed by atoms with van der Waals surface area (Å²) in [6.07, 6.45) is 2.19. The van der Waals surface area contributed by atoms with Crippen molar-refractivity contribution in [1.29, 1.82) is 0 Å². The predicted molar refractivity (Wildman–Crippen MR) is 113 cm³/mol. The SMILES string of the molecule is c1ccc(N=NN2CCCN(CN3CCCN(N=Nc4ccccc4)C3)C2)cc1. The minimum atomic E-state index is 0.804.